The van der Waals surface area contributed by atoms with Gasteiger partial charge in [0.1, 0.15) is 0 Å². The van der Waals surface area contributed by atoms with E-state index in [-0.39, 0.29) is 0 Å². The van der Waals surface area contributed by atoms with Crippen molar-refractivity contribution in [2.24, 2.45) is 5.92 Å². The standard InChI is InChI=1S/C11H23NO2S/c1-5-10-6-8-12(9-7-10)15(13,14)11(2,3)4/h10H,5-9H2,1-4H3. The molecule has 0 amide bonds. The van der Waals surface area contributed by atoms with Gasteiger partial charge < -0.3 is 0 Å². The molecule has 0 unspecified atom stereocenters. The molecule has 0 radical (unpaired) electrons. The molecule has 1 rings (SSSR count). The Kier molecular flexibility index (Phi) is 3.82. The molecule has 0 aromatic rings. The van der Waals surface area contributed by atoms with E-state index in [1.165, 1.54) is 6.42 Å². The zero-order valence-electron chi connectivity index (χ0n) is 10.3. The molecule has 0 spiro atoms. The van der Waals surface area contributed by atoms with Gasteiger partial charge in [-0.3, -0.25) is 0 Å². The van der Waals surface area contributed by atoms with Crippen LogP contribution in [0.1, 0.15) is 47.0 Å². The number of sulfonamides is 1. The van der Waals surface area contributed by atoms with Gasteiger partial charge in [0.05, 0.1) is 4.75 Å². The Bertz CT molecular complexity index is 295. The SMILES string of the molecule is CCC1CCN(S(=O)(=O)C(C)(C)C)CC1. The molecule has 0 N–H and O–H groups in total. The molecule has 0 bridgehead atoms. The predicted molar refractivity (Wildman–Crippen MR) is 63.3 cm³/mol. The Morgan fingerprint density at radius 1 is 1.20 bits per heavy atom. The first-order valence-corrected chi connectivity index (χ1v) is 7.22. The van der Waals surface area contributed by atoms with Gasteiger partial charge in [0.2, 0.25) is 10.0 Å². The maximum Gasteiger partial charge on any atom is 0.219 e. The topological polar surface area (TPSA) is 37.4 Å². The zero-order chi connectivity index (χ0) is 11.7. The molecule has 15 heavy (non-hydrogen) atoms. The van der Waals surface area contributed by atoms with Crippen LogP contribution in [0, 0.1) is 5.92 Å². The van der Waals surface area contributed by atoms with Crippen LogP contribution in [-0.4, -0.2) is 30.6 Å². The summed E-state index contributed by atoms with van der Waals surface area (Å²) < 4.78 is 25.3. The van der Waals surface area contributed by atoms with E-state index in [2.05, 4.69) is 6.92 Å². The number of rotatable bonds is 2. The van der Waals surface area contributed by atoms with E-state index in [1.54, 1.807) is 25.1 Å². The minimum Gasteiger partial charge on any atom is -0.212 e. The Morgan fingerprint density at radius 2 is 1.67 bits per heavy atom. The van der Waals surface area contributed by atoms with Crippen LogP contribution in [0.2, 0.25) is 0 Å². The molecule has 4 heteroatoms. The first-order valence-electron chi connectivity index (χ1n) is 5.78. The van der Waals surface area contributed by atoms with Crippen molar-refractivity contribution >= 4 is 10.0 Å². The van der Waals surface area contributed by atoms with Crippen molar-refractivity contribution in [3.05, 3.63) is 0 Å². The number of piperidine rings is 1. The largest absolute Gasteiger partial charge is 0.219 e. The van der Waals surface area contributed by atoms with Crippen molar-refractivity contribution in [2.75, 3.05) is 13.1 Å². The van der Waals surface area contributed by atoms with E-state index in [0.717, 1.165) is 18.8 Å². The van der Waals surface area contributed by atoms with E-state index < -0.39 is 14.8 Å². The van der Waals surface area contributed by atoms with Crippen LogP contribution in [0.3, 0.4) is 0 Å². The summed E-state index contributed by atoms with van der Waals surface area (Å²) >= 11 is 0. The summed E-state index contributed by atoms with van der Waals surface area (Å²) in [4.78, 5) is 0. The first-order chi connectivity index (χ1) is 6.79. The van der Waals surface area contributed by atoms with Crippen LogP contribution < -0.4 is 0 Å². The third-order valence-electron chi connectivity index (χ3n) is 3.26. The second-order valence-corrected chi connectivity index (χ2v) is 8.06. The number of nitrogens with zero attached hydrogens (tertiary/aromatic N) is 1. The summed E-state index contributed by atoms with van der Waals surface area (Å²) in [6.45, 7) is 8.91. The van der Waals surface area contributed by atoms with Crippen LogP contribution in [0.5, 0.6) is 0 Å². The lowest BCUT2D eigenvalue weighted by Gasteiger charge is -2.35. The maximum absolute atomic E-state index is 12.1. The smallest absolute Gasteiger partial charge is 0.212 e. The molecule has 1 aliphatic heterocycles. The molecule has 90 valence electrons. The van der Waals surface area contributed by atoms with Gasteiger partial charge in [-0.25, -0.2) is 12.7 Å². The molecule has 1 fully saturated rings. The molecule has 1 aliphatic rings. The highest BCUT2D eigenvalue weighted by Crippen LogP contribution is 2.27. The number of hydrogen-bond acceptors (Lipinski definition) is 2. The summed E-state index contributed by atoms with van der Waals surface area (Å²) in [5, 5.41) is 0. The van der Waals surface area contributed by atoms with Gasteiger partial charge in [0.15, 0.2) is 0 Å². The fourth-order valence-electron chi connectivity index (χ4n) is 1.95. The molecular formula is C11H23NO2S. The summed E-state index contributed by atoms with van der Waals surface area (Å²) in [6, 6.07) is 0. The molecule has 0 atom stereocenters. The van der Waals surface area contributed by atoms with E-state index >= 15 is 0 Å². The zero-order valence-corrected chi connectivity index (χ0v) is 11.1. The van der Waals surface area contributed by atoms with Gasteiger partial charge in [-0.05, 0) is 39.5 Å². The Hall–Kier alpha value is -0.0900. The van der Waals surface area contributed by atoms with Gasteiger partial charge in [0.25, 0.3) is 0 Å². The normalized spacial score (nSPS) is 21.9. The van der Waals surface area contributed by atoms with Gasteiger partial charge in [-0.15, -0.1) is 0 Å². The minimum absolute atomic E-state index is 0.661. The number of hydrogen-bond donors (Lipinski definition) is 0. The fourth-order valence-corrected chi connectivity index (χ4v) is 3.41. The first kappa shape index (κ1) is 13.0. The van der Waals surface area contributed by atoms with E-state index in [0.29, 0.717) is 13.1 Å². The highest BCUT2D eigenvalue weighted by molar-refractivity contribution is 7.90. The lowest BCUT2D eigenvalue weighted by atomic mass is 9.96. The lowest BCUT2D eigenvalue weighted by molar-refractivity contribution is 0.264. The monoisotopic (exact) mass is 233 g/mol. The maximum atomic E-state index is 12.1. The van der Waals surface area contributed by atoms with Crippen LogP contribution in [-0.2, 0) is 10.0 Å². The molecular weight excluding hydrogens is 210 g/mol. The van der Waals surface area contributed by atoms with E-state index in [1.807, 2.05) is 0 Å². The minimum atomic E-state index is -3.10. The van der Waals surface area contributed by atoms with Crippen LogP contribution in [0.4, 0.5) is 0 Å². The Labute approximate surface area is 93.9 Å². The molecule has 1 heterocycles. The molecule has 0 aliphatic carbocycles. The second kappa shape index (κ2) is 4.42. The summed E-state index contributed by atoms with van der Waals surface area (Å²) in [5.74, 6) is 0.719. The molecule has 3 nitrogen and oxygen atoms in total. The average Bonchev–Trinajstić information content (AvgIpc) is 2.16. The average molecular weight is 233 g/mol. The van der Waals surface area contributed by atoms with E-state index in [4.69, 9.17) is 0 Å². The summed E-state index contributed by atoms with van der Waals surface area (Å²) in [7, 11) is -3.10. The van der Waals surface area contributed by atoms with Crippen LogP contribution in [0.25, 0.3) is 0 Å². The van der Waals surface area contributed by atoms with Gasteiger partial charge in [-0.1, -0.05) is 13.3 Å². The van der Waals surface area contributed by atoms with Crippen molar-refractivity contribution in [1.29, 1.82) is 0 Å². The van der Waals surface area contributed by atoms with Crippen molar-refractivity contribution in [3.8, 4) is 0 Å². The van der Waals surface area contributed by atoms with Crippen molar-refractivity contribution < 1.29 is 8.42 Å². The second-order valence-electron chi connectivity index (χ2n) is 5.37. The molecule has 0 aromatic heterocycles. The van der Waals surface area contributed by atoms with E-state index in [9.17, 15) is 8.42 Å². The summed E-state index contributed by atoms with van der Waals surface area (Å²) in [6.07, 6.45) is 3.21. The fraction of sp³-hybridized carbons (Fsp3) is 1.00. The Morgan fingerprint density at radius 3 is 2.00 bits per heavy atom. The lowest BCUT2D eigenvalue weighted by Crippen LogP contribution is -2.46. The van der Waals surface area contributed by atoms with Gasteiger partial charge >= 0.3 is 0 Å². The van der Waals surface area contributed by atoms with Crippen molar-refractivity contribution in [3.63, 3.8) is 0 Å². The van der Waals surface area contributed by atoms with Crippen molar-refractivity contribution in [2.45, 2.75) is 51.7 Å². The molecule has 0 aromatic carbocycles. The Balaban J connectivity index is 2.69. The predicted octanol–water partition coefficient (Wildman–Crippen LogP) is 2.24. The third kappa shape index (κ3) is 2.72. The highest BCUT2D eigenvalue weighted by atomic mass is 32.2. The molecule has 0 saturated carbocycles. The highest BCUT2D eigenvalue weighted by Gasteiger charge is 2.36. The van der Waals surface area contributed by atoms with Gasteiger partial charge in [-0.2, -0.15) is 0 Å². The third-order valence-corrected chi connectivity index (χ3v) is 5.86. The molecule has 1 saturated heterocycles. The quantitative estimate of drug-likeness (QED) is 0.733. The van der Waals surface area contributed by atoms with Gasteiger partial charge in [0, 0.05) is 13.1 Å². The van der Waals surface area contributed by atoms with Crippen molar-refractivity contribution in [1.82, 2.24) is 4.31 Å². The summed E-state index contributed by atoms with van der Waals surface area (Å²) in [5.41, 5.74) is 0. The van der Waals surface area contributed by atoms with Crippen LogP contribution >= 0.6 is 0 Å². The van der Waals surface area contributed by atoms with Crippen LogP contribution in [0.15, 0.2) is 0 Å².